The third-order valence-corrected chi connectivity index (χ3v) is 2.64. The fraction of sp³-hybridized carbons (Fsp3) is 0.286. The van der Waals surface area contributed by atoms with Gasteiger partial charge in [0.05, 0.1) is 5.75 Å². The van der Waals surface area contributed by atoms with E-state index in [2.05, 4.69) is 20.3 Å². The van der Waals surface area contributed by atoms with Gasteiger partial charge in [-0.15, -0.1) is 10.2 Å². The summed E-state index contributed by atoms with van der Waals surface area (Å²) >= 11 is 0.985. The van der Waals surface area contributed by atoms with Crippen LogP contribution in [0.15, 0.2) is 9.95 Å². The first-order valence-corrected chi connectivity index (χ1v) is 5.23. The molecule has 0 spiro atoms. The van der Waals surface area contributed by atoms with Crippen molar-refractivity contribution in [3.8, 4) is 0 Å². The van der Waals surface area contributed by atoms with Crippen molar-refractivity contribution in [2.45, 2.75) is 12.1 Å². The number of H-pyrrole nitrogens is 1. The summed E-state index contributed by atoms with van der Waals surface area (Å²) in [6, 6.07) is 0. The van der Waals surface area contributed by atoms with Gasteiger partial charge < -0.3 is 5.11 Å². The number of hydrogen-bond donors (Lipinski definition) is 2. The predicted octanol–water partition coefficient (Wildman–Crippen LogP) is -0.702. The van der Waals surface area contributed by atoms with Crippen LogP contribution in [0.5, 0.6) is 0 Å². The highest BCUT2D eigenvalue weighted by Gasteiger charge is 2.10. The van der Waals surface area contributed by atoms with E-state index in [1.54, 1.807) is 6.92 Å². The maximum Gasteiger partial charge on any atom is 0.313 e. The van der Waals surface area contributed by atoms with Crippen molar-refractivity contribution in [3.05, 3.63) is 16.0 Å². The molecule has 2 aromatic rings. The molecule has 2 N–H and O–H groups in total. The Morgan fingerprint density at radius 1 is 1.56 bits per heavy atom. The summed E-state index contributed by atoms with van der Waals surface area (Å²) < 4.78 is 1.31. The normalized spacial score (nSPS) is 10.8. The third-order valence-electron chi connectivity index (χ3n) is 1.74. The van der Waals surface area contributed by atoms with Crippen molar-refractivity contribution >= 4 is 23.5 Å². The molecule has 0 aliphatic rings. The van der Waals surface area contributed by atoms with Gasteiger partial charge in [0, 0.05) is 0 Å². The first-order chi connectivity index (χ1) is 7.58. The van der Waals surface area contributed by atoms with E-state index in [-0.39, 0.29) is 22.8 Å². The number of aliphatic carboxylic acids is 1. The first-order valence-electron chi connectivity index (χ1n) is 4.25. The lowest BCUT2D eigenvalue weighted by molar-refractivity contribution is -0.133. The number of hydrogen-bond acceptors (Lipinski definition) is 6. The molecule has 0 aliphatic carbocycles. The summed E-state index contributed by atoms with van der Waals surface area (Å²) in [5.74, 6) is -0.896. The van der Waals surface area contributed by atoms with Crippen molar-refractivity contribution < 1.29 is 9.90 Å². The van der Waals surface area contributed by atoms with Crippen LogP contribution in [0.3, 0.4) is 0 Å². The standard InChI is InChI=1S/C7H7N5O3S/c1-3-5(15)8-6-9-10-7(12(6)11-3)16-2-4(13)14/h2H2,1H3,(H,13,14)(H,8,9,15). The molecule has 0 aromatic carbocycles. The second kappa shape index (κ2) is 3.93. The summed E-state index contributed by atoms with van der Waals surface area (Å²) in [7, 11) is 0. The number of fused-ring (bicyclic) bond motifs is 1. The lowest BCUT2D eigenvalue weighted by Crippen LogP contribution is -2.15. The molecule has 16 heavy (non-hydrogen) atoms. The Morgan fingerprint density at radius 2 is 2.31 bits per heavy atom. The fourth-order valence-corrected chi connectivity index (χ4v) is 1.64. The Kier molecular flexibility index (Phi) is 2.60. The van der Waals surface area contributed by atoms with Crippen LogP contribution in [0.2, 0.25) is 0 Å². The number of carbonyl (C=O) groups is 1. The van der Waals surface area contributed by atoms with E-state index in [1.807, 2.05) is 0 Å². The Morgan fingerprint density at radius 3 is 3.00 bits per heavy atom. The number of nitrogens with zero attached hydrogens (tertiary/aromatic N) is 4. The average molecular weight is 241 g/mol. The second-order valence-corrected chi connectivity index (χ2v) is 3.88. The Balaban J connectivity index is 2.44. The van der Waals surface area contributed by atoms with Gasteiger partial charge >= 0.3 is 5.97 Å². The smallest absolute Gasteiger partial charge is 0.313 e. The maximum atomic E-state index is 11.2. The van der Waals surface area contributed by atoms with Crippen LogP contribution >= 0.6 is 11.8 Å². The minimum atomic E-state index is -0.956. The first kappa shape index (κ1) is 10.6. The highest BCUT2D eigenvalue weighted by Crippen LogP contribution is 2.13. The number of aromatic nitrogens is 5. The highest BCUT2D eigenvalue weighted by molar-refractivity contribution is 7.99. The molecular weight excluding hydrogens is 234 g/mol. The van der Waals surface area contributed by atoms with Gasteiger partial charge in [-0.25, -0.2) is 0 Å². The number of aromatic amines is 1. The molecule has 0 fully saturated rings. The van der Waals surface area contributed by atoms with Crippen molar-refractivity contribution in [1.29, 1.82) is 0 Å². The predicted molar refractivity (Wildman–Crippen MR) is 54.5 cm³/mol. The minimum Gasteiger partial charge on any atom is -0.481 e. The third kappa shape index (κ3) is 1.89. The lowest BCUT2D eigenvalue weighted by atomic mass is 10.5. The molecule has 9 heteroatoms. The van der Waals surface area contributed by atoms with Gasteiger partial charge in [-0.2, -0.15) is 9.61 Å². The van der Waals surface area contributed by atoms with Crippen LogP contribution in [-0.4, -0.2) is 41.6 Å². The van der Waals surface area contributed by atoms with Crippen molar-refractivity contribution in [3.63, 3.8) is 0 Å². The molecule has 2 heterocycles. The fourth-order valence-electron chi connectivity index (χ4n) is 1.04. The molecule has 0 saturated heterocycles. The Hall–Kier alpha value is -1.90. The zero-order valence-corrected chi connectivity index (χ0v) is 8.98. The van der Waals surface area contributed by atoms with Crippen molar-refractivity contribution in [2.24, 2.45) is 0 Å². The Bertz CT molecular complexity index is 604. The number of carboxylic acid groups (broad SMARTS) is 1. The summed E-state index contributed by atoms with van der Waals surface area (Å²) in [5, 5.41) is 20.2. The summed E-state index contributed by atoms with van der Waals surface area (Å²) in [4.78, 5) is 24.1. The van der Waals surface area contributed by atoms with Crippen LogP contribution in [0.4, 0.5) is 0 Å². The zero-order valence-electron chi connectivity index (χ0n) is 8.17. The molecule has 0 radical (unpaired) electrons. The molecule has 84 valence electrons. The topological polar surface area (TPSA) is 113 Å². The summed E-state index contributed by atoms with van der Waals surface area (Å²) in [6.45, 7) is 1.55. The van der Waals surface area contributed by atoms with Crippen LogP contribution < -0.4 is 5.56 Å². The van der Waals surface area contributed by atoms with Crippen LogP contribution in [-0.2, 0) is 4.79 Å². The molecule has 0 bridgehead atoms. The molecule has 2 rings (SSSR count). The second-order valence-electron chi connectivity index (χ2n) is 2.94. The molecule has 2 aromatic heterocycles. The van der Waals surface area contributed by atoms with E-state index < -0.39 is 5.97 Å². The van der Waals surface area contributed by atoms with E-state index in [4.69, 9.17) is 5.11 Å². The number of thioether (sulfide) groups is 1. The van der Waals surface area contributed by atoms with Gasteiger partial charge in [-0.1, -0.05) is 11.8 Å². The minimum absolute atomic E-state index is 0.138. The number of aryl methyl sites for hydroxylation is 1. The monoisotopic (exact) mass is 241 g/mol. The van der Waals surface area contributed by atoms with Crippen LogP contribution in [0.1, 0.15) is 5.69 Å². The average Bonchev–Trinajstić information content (AvgIpc) is 2.58. The largest absolute Gasteiger partial charge is 0.481 e. The van der Waals surface area contributed by atoms with E-state index in [0.717, 1.165) is 11.8 Å². The van der Waals surface area contributed by atoms with Gasteiger partial charge in [-0.3, -0.25) is 14.6 Å². The number of rotatable bonds is 3. The summed E-state index contributed by atoms with van der Waals surface area (Å²) in [6.07, 6.45) is 0. The molecule has 0 aliphatic heterocycles. The summed E-state index contributed by atoms with van der Waals surface area (Å²) in [5.41, 5.74) is -0.0702. The zero-order chi connectivity index (χ0) is 11.7. The van der Waals surface area contributed by atoms with E-state index in [1.165, 1.54) is 4.52 Å². The quantitative estimate of drug-likeness (QED) is 0.683. The molecule has 8 nitrogen and oxygen atoms in total. The lowest BCUT2D eigenvalue weighted by Gasteiger charge is -1.96. The molecule has 0 atom stereocenters. The number of carboxylic acids is 1. The van der Waals surface area contributed by atoms with Crippen LogP contribution in [0, 0.1) is 6.92 Å². The van der Waals surface area contributed by atoms with E-state index in [9.17, 15) is 9.59 Å². The van der Waals surface area contributed by atoms with Gasteiger partial charge in [0.25, 0.3) is 11.3 Å². The molecule has 0 unspecified atom stereocenters. The van der Waals surface area contributed by atoms with Crippen molar-refractivity contribution in [1.82, 2.24) is 24.8 Å². The van der Waals surface area contributed by atoms with Gasteiger partial charge in [-0.05, 0) is 6.92 Å². The van der Waals surface area contributed by atoms with E-state index >= 15 is 0 Å². The maximum absolute atomic E-state index is 11.2. The van der Waals surface area contributed by atoms with Gasteiger partial charge in [0.15, 0.2) is 0 Å². The molecule has 0 saturated carbocycles. The number of nitrogens with one attached hydrogen (secondary N) is 1. The van der Waals surface area contributed by atoms with Gasteiger partial charge in [0.2, 0.25) is 5.16 Å². The van der Waals surface area contributed by atoms with Crippen LogP contribution in [0.25, 0.3) is 5.78 Å². The molecule has 0 amide bonds. The molecular formula is C7H7N5O3S. The SMILES string of the molecule is Cc1nn2c(SCC(=O)O)nnc2[nH]c1=O. The van der Waals surface area contributed by atoms with Gasteiger partial charge in [0.1, 0.15) is 5.69 Å². The Labute approximate surface area is 92.7 Å². The van der Waals surface area contributed by atoms with Crippen molar-refractivity contribution in [2.75, 3.05) is 5.75 Å². The van der Waals surface area contributed by atoms with E-state index in [0.29, 0.717) is 5.16 Å². The highest BCUT2D eigenvalue weighted by atomic mass is 32.2.